The first-order valence-electron chi connectivity index (χ1n) is 5.72. The summed E-state index contributed by atoms with van der Waals surface area (Å²) in [7, 11) is 0. The van der Waals surface area contributed by atoms with Gasteiger partial charge in [0.1, 0.15) is 23.1 Å². The van der Waals surface area contributed by atoms with Gasteiger partial charge in [0.15, 0.2) is 0 Å². The summed E-state index contributed by atoms with van der Waals surface area (Å²) in [6.45, 7) is 0.300. The number of halogens is 3. The molecular weight excluding hydrogens is 272 g/mol. The maximum Gasteiger partial charge on any atom is 0.146 e. The fourth-order valence-electron chi connectivity index (χ4n) is 1.70. The van der Waals surface area contributed by atoms with Crippen LogP contribution in [-0.2, 0) is 6.42 Å². The minimum Gasteiger partial charge on any atom is -0.455 e. The SMILES string of the molecule is NCCc1c(F)cccc1Oc1ccc(F)cc1Cl. The van der Waals surface area contributed by atoms with Crippen molar-refractivity contribution < 1.29 is 13.5 Å². The second-order valence-corrected chi connectivity index (χ2v) is 4.34. The molecule has 0 saturated heterocycles. The highest BCUT2D eigenvalue weighted by molar-refractivity contribution is 6.32. The zero-order valence-electron chi connectivity index (χ0n) is 10.00. The smallest absolute Gasteiger partial charge is 0.146 e. The van der Waals surface area contributed by atoms with Crippen molar-refractivity contribution >= 4 is 11.6 Å². The van der Waals surface area contributed by atoms with E-state index in [1.807, 2.05) is 0 Å². The molecule has 0 aliphatic rings. The van der Waals surface area contributed by atoms with Crippen LogP contribution in [0.25, 0.3) is 0 Å². The van der Waals surface area contributed by atoms with Gasteiger partial charge in [-0.1, -0.05) is 17.7 Å². The molecule has 2 nitrogen and oxygen atoms in total. The maximum absolute atomic E-state index is 13.7. The number of nitrogens with two attached hydrogens (primary N) is 1. The molecule has 0 atom stereocenters. The minimum absolute atomic E-state index is 0.128. The zero-order valence-corrected chi connectivity index (χ0v) is 10.8. The molecule has 0 spiro atoms. The lowest BCUT2D eigenvalue weighted by Crippen LogP contribution is -2.06. The van der Waals surface area contributed by atoms with Crippen molar-refractivity contribution in [2.75, 3.05) is 6.54 Å². The van der Waals surface area contributed by atoms with Crippen LogP contribution in [0.2, 0.25) is 5.02 Å². The van der Waals surface area contributed by atoms with Gasteiger partial charge in [-0.25, -0.2) is 8.78 Å². The molecule has 0 aliphatic heterocycles. The van der Waals surface area contributed by atoms with E-state index in [4.69, 9.17) is 22.1 Å². The first-order valence-corrected chi connectivity index (χ1v) is 6.10. The molecule has 0 fully saturated rings. The minimum atomic E-state index is -0.459. The standard InChI is InChI=1S/C14H12ClF2NO/c15-11-8-9(16)4-5-14(11)19-13-3-1-2-12(17)10(13)6-7-18/h1-5,8H,6-7,18H2. The molecule has 0 aromatic heterocycles. The van der Waals surface area contributed by atoms with Gasteiger partial charge >= 0.3 is 0 Å². The second kappa shape index (κ2) is 5.99. The van der Waals surface area contributed by atoms with Crippen LogP contribution in [0.1, 0.15) is 5.56 Å². The molecule has 0 amide bonds. The Morgan fingerprint density at radius 1 is 1.11 bits per heavy atom. The van der Waals surface area contributed by atoms with Gasteiger partial charge in [0.05, 0.1) is 5.02 Å². The second-order valence-electron chi connectivity index (χ2n) is 3.93. The summed E-state index contributed by atoms with van der Waals surface area (Å²) in [5.74, 6) is -0.245. The normalized spacial score (nSPS) is 10.5. The van der Waals surface area contributed by atoms with E-state index in [0.29, 0.717) is 24.3 Å². The molecule has 100 valence electrons. The highest BCUT2D eigenvalue weighted by Gasteiger charge is 2.11. The largest absolute Gasteiger partial charge is 0.455 e. The summed E-state index contributed by atoms with van der Waals surface area (Å²) in [4.78, 5) is 0. The van der Waals surface area contributed by atoms with Crippen LogP contribution < -0.4 is 10.5 Å². The molecule has 0 aliphatic carbocycles. The molecule has 2 rings (SSSR count). The van der Waals surface area contributed by atoms with E-state index in [-0.39, 0.29) is 16.6 Å². The predicted molar refractivity (Wildman–Crippen MR) is 70.6 cm³/mol. The number of hydrogen-bond donors (Lipinski definition) is 1. The first kappa shape index (κ1) is 13.8. The maximum atomic E-state index is 13.7. The molecule has 0 unspecified atom stereocenters. The van der Waals surface area contributed by atoms with Gasteiger partial charge in [0, 0.05) is 5.56 Å². The van der Waals surface area contributed by atoms with Crippen molar-refractivity contribution in [3.63, 3.8) is 0 Å². The van der Waals surface area contributed by atoms with Crippen LogP contribution in [-0.4, -0.2) is 6.54 Å². The van der Waals surface area contributed by atoms with E-state index in [0.717, 1.165) is 6.07 Å². The van der Waals surface area contributed by atoms with E-state index in [2.05, 4.69) is 0 Å². The summed E-state index contributed by atoms with van der Waals surface area (Å²) >= 11 is 5.87. The van der Waals surface area contributed by atoms with E-state index < -0.39 is 5.82 Å². The average molecular weight is 284 g/mol. The first-order chi connectivity index (χ1) is 9.11. The van der Waals surface area contributed by atoms with Crippen molar-refractivity contribution in [3.05, 3.63) is 58.6 Å². The number of hydrogen-bond acceptors (Lipinski definition) is 2. The summed E-state index contributed by atoms with van der Waals surface area (Å²) in [6.07, 6.45) is 0.348. The van der Waals surface area contributed by atoms with Crippen LogP contribution in [0.15, 0.2) is 36.4 Å². The van der Waals surface area contributed by atoms with Crippen LogP contribution >= 0.6 is 11.6 Å². The van der Waals surface area contributed by atoms with E-state index >= 15 is 0 Å². The topological polar surface area (TPSA) is 35.2 Å². The molecule has 2 N–H and O–H groups in total. The Labute approximate surface area is 114 Å². The lowest BCUT2D eigenvalue weighted by molar-refractivity contribution is 0.465. The lowest BCUT2D eigenvalue weighted by atomic mass is 10.1. The molecule has 0 radical (unpaired) electrons. The van der Waals surface area contributed by atoms with E-state index in [9.17, 15) is 8.78 Å². The number of ether oxygens (including phenoxy) is 1. The van der Waals surface area contributed by atoms with Gasteiger partial charge in [-0.2, -0.15) is 0 Å². The fraction of sp³-hybridized carbons (Fsp3) is 0.143. The van der Waals surface area contributed by atoms with Crippen LogP contribution in [0.4, 0.5) is 8.78 Å². The zero-order chi connectivity index (χ0) is 13.8. The van der Waals surface area contributed by atoms with Gasteiger partial charge < -0.3 is 10.5 Å². The van der Waals surface area contributed by atoms with Crippen LogP contribution in [0.3, 0.4) is 0 Å². The van der Waals surface area contributed by atoms with Gasteiger partial charge in [0.25, 0.3) is 0 Å². The molecule has 2 aromatic rings. The van der Waals surface area contributed by atoms with Crippen molar-refractivity contribution in [3.8, 4) is 11.5 Å². The highest BCUT2D eigenvalue weighted by Crippen LogP contribution is 2.32. The molecule has 0 heterocycles. The third kappa shape index (κ3) is 3.22. The van der Waals surface area contributed by atoms with Crippen molar-refractivity contribution in [1.82, 2.24) is 0 Å². The van der Waals surface area contributed by atoms with Crippen molar-refractivity contribution in [2.24, 2.45) is 5.73 Å². The Balaban J connectivity index is 2.35. The van der Waals surface area contributed by atoms with Crippen molar-refractivity contribution in [1.29, 1.82) is 0 Å². The Morgan fingerprint density at radius 3 is 2.58 bits per heavy atom. The van der Waals surface area contributed by atoms with Crippen molar-refractivity contribution in [2.45, 2.75) is 6.42 Å². The summed E-state index contributed by atoms with van der Waals surface area (Å²) in [5.41, 5.74) is 5.82. The summed E-state index contributed by atoms with van der Waals surface area (Å²) in [5, 5.41) is 0.128. The predicted octanol–water partition coefficient (Wildman–Crippen LogP) is 3.91. The molecule has 19 heavy (non-hydrogen) atoms. The Kier molecular flexibility index (Phi) is 4.35. The van der Waals surface area contributed by atoms with Crippen LogP contribution in [0, 0.1) is 11.6 Å². The summed E-state index contributed by atoms with van der Waals surface area (Å²) in [6, 6.07) is 8.25. The molecule has 0 saturated carbocycles. The van der Waals surface area contributed by atoms with Gasteiger partial charge in [0.2, 0.25) is 0 Å². The van der Waals surface area contributed by atoms with Gasteiger partial charge in [-0.15, -0.1) is 0 Å². The summed E-state index contributed by atoms with van der Waals surface area (Å²) < 4.78 is 32.1. The Hall–Kier alpha value is -1.65. The van der Waals surface area contributed by atoms with E-state index in [1.54, 1.807) is 6.07 Å². The fourth-order valence-corrected chi connectivity index (χ4v) is 1.90. The Morgan fingerprint density at radius 2 is 1.89 bits per heavy atom. The van der Waals surface area contributed by atoms with Gasteiger partial charge in [-0.3, -0.25) is 0 Å². The lowest BCUT2D eigenvalue weighted by Gasteiger charge is -2.12. The number of benzene rings is 2. The van der Waals surface area contributed by atoms with Gasteiger partial charge in [-0.05, 0) is 43.3 Å². The Bertz CT molecular complexity index is 590. The molecule has 5 heteroatoms. The number of rotatable bonds is 4. The third-order valence-electron chi connectivity index (χ3n) is 2.58. The third-order valence-corrected chi connectivity index (χ3v) is 2.88. The van der Waals surface area contributed by atoms with Crippen LogP contribution in [0.5, 0.6) is 11.5 Å². The monoisotopic (exact) mass is 283 g/mol. The molecule has 2 aromatic carbocycles. The average Bonchev–Trinajstić information content (AvgIpc) is 2.37. The quantitative estimate of drug-likeness (QED) is 0.923. The molecular formula is C14H12ClF2NO. The van der Waals surface area contributed by atoms with E-state index in [1.165, 1.54) is 24.3 Å². The molecule has 0 bridgehead atoms. The highest BCUT2D eigenvalue weighted by atomic mass is 35.5.